The third-order valence-corrected chi connectivity index (χ3v) is 4.40. The minimum atomic E-state index is -1.04. The number of carboxylic acids is 1. The van der Waals surface area contributed by atoms with Crippen molar-refractivity contribution >= 4 is 35.2 Å². The van der Waals surface area contributed by atoms with Crippen LogP contribution in [0.5, 0.6) is 0 Å². The Hall–Kier alpha value is -1.46. The molecule has 2 unspecified atom stereocenters. The first kappa shape index (κ1) is 17.6. The molecule has 0 saturated carbocycles. The van der Waals surface area contributed by atoms with Gasteiger partial charge >= 0.3 is 5.97 Å². The summed E-state index contributed by atoms with van der Waals surface area (Å²) in [5.41, 5.74) is 0. The number of thioether (sulfide) groups is 1. The Kier molecular flexibility index (Phi) is 7.32. The fraction of sp³-hybridized carbons (Fsp3) is 0.333. The predicted molar refractivity (Wildman–Crippen MR) is 85.8 cm³/mol. The highest BCUT2D eigenvalue weighted by Gasteiger charge is 2.23. The summed E-state index contributed by atoms with van der Waals surface area (Å²) in [7, 11) is 0. The van der Waals surface area contributed by atoms with Crippen molar-refractivity contribution in [2.75, 3.05) is 0 Å². The molecule has 1 amide bonds. The first-order valence-corrected chi connectivity index (χ1v) is 7.76. The van der Waals surface area contributed by atoms with Gasteiger partial charge in [-0.15, -0.1) is 18.3 Å². The Labute approximate surface area is 133 Å². The van der Waals surface area contributed by atoms with Gasteiger partial charge in [0, 0.05) is 4.90 Å². The average Bonchev–Trinajstić information content (AvgIpc) is 2.45. The van der Waals surface area contributed by atoms with Gasteiger partial charge in [0.2, 0.25) is 5.91 Å². The van der Waals surface area contributed by atoms with E-state index in [4.69, 9.17) is 16.7 Å². The Morgan fingerprint density at radius 3 is 2.71 bits per heavy atom. The summed E-state index contributed by atoms with van der Waals surface area (Å²) in [5, 5.41) is 11.8. The lowest BCUT2D eigenvalue weighted by Crippen LogP contribution is -2.43. The highest BCUT2D eigenvalue weighted by molar-refractivity contribution is 8.00. The van der Waals surface area contributed by atoms with Crippen LogP contribution < -0.4 is 5.32 Å². The van der Waals surface area contributed by atoms with Crippen LogP contribution in [-0.2, 0) is 9.59 Å². The van der Waals surface area contributed by atoms with Crippen molar-refractivity contribution in [1.29, 1.82) is 0 Å². The third-order valence-electron chi connectivity index (χ3n) is 2.78. The van der Waals surface area contributed by atoms with E-state index < -0.39 is 17.3 Å². The second-order valence-corrected chi connectivity index (χ2v) is 6.25. The smallest absolute Gasteiger partial charge is 0.326 e. The summed E-state index contributed by atoms with van der Waals surface area (Å²) in [6, 6.07) is 6.32. The molecule has 1 rings (SSSR count). The van der Waals surface area contributed by atoms with Crippen LogP contribution in [0.4, 0.5) is 0 Å². The van der Waals surface area contributed by atoms with E-state index in [2.05, 4.69) is 11.9 Å². The molecule has 4 nitrogen and oxygen atoms in total. The molecule has 0 aliphatic rings. The summed E-state index contributed by atoms with van der Waals surface area (Å²) in [4.78, 5) is 24.0. The van der Waals surface area contributed by atoms with Crippen molar-refractivity contribution in [3.8, 4) is 0 Å². The maximum Gasteiger partial charge on any atom is 0.326 e. The van der Waals surface area contributed by atoms with Crippen molar-refractivity contribution in [1.82, 2.24) is 5.32 Å². The summed E-state index contributed by atoms with van der Waals surface area (Å²) in [6.45, 7) is 5.27. The first-order chi connectivity index (χ1) is 9.95. The number of carbonyl (C=O) groups excluding carboxylic acids is 1. The zero-order chi connectivity index (χ0) is 15.8. The monoisotopic (exact) mass is 327 g/mol. The van der Waals surface area contributed by atoms with Gasteiger partial charge in [0.15, 0.2) is 0 Å². The number of hydrogen-bond acceptors (Lipinski definition) is 3. The molecule has 0 aliphatic carbocycles. The topological polar surface area (TPSA) is 66.4 Å². The number of hydrogen-bond donors (Lipinski definition) is 2. The summed E-state index contributed by atoms with van der Waals surface area (Å²) in [6.07, 6.45) is 2.49. The molecule has 114 valence electrons. The Morgan fingerprint density at radius 1 is 1.48 bits per heavy atom. The lowest BCUT2D eigenvalue weighted by atomic mass is 10.1. The normalized spacial score (nSPS) is 13.2. The molecule has 1 aromatic carbocycles. The number of rotatable bonds is 8. The minimum absolute atomic E-state index is 0.323. The van der Waals surface area contributed by atoms with Gasteiger partial charge < -0.3 is 10.4 Å². The molecule has 0 heterocycles. The molecule has 0 radical (unpaired) electrons. The van der Waals surface area contributed by atoms with Gasteiger partial charge in [0.05, 0.1) is 10.3 Å². The van der Waals surface area contributed by atoms with Gasteiger partial charge in [-0.05, 0) is 31.9 Å². The van der Waals surface area contributed by atoms with E-state index in [-0.39, 0.29) is 5.91 Å². The highest BCUT2D eigenvalue weighted by Crippen LogP contribution is 2.30. The zero-order valence-electron chi connectivity index (χ0n) is 11.7. The Morgan fingerprint density at radius 2 is 2.14 bits per heavy atom. The second-order valence-electron chi connectivity index (χ2n) is 4.46. The maximum absolute atomic E-state index is 12.1. The molecule has 0 saturated heterocycles. The number of nitrogens with one attached hydrogen (secondary N) is 1. The fourth-order valence-corrected chi connectivity index (χ4v) is 2.78. The van der Waals surface area contributed by atoms with Crippen LogP contribution in [0, 0.1) is 0 Å². The number of amides is 1. The largest absolute Gasteiger partial charge is 0.480 e. The lowest BCUT2D eigenvalue weighted by molar-refractivity contribution is -0.141. The minimum Gasteiger partial charge on any atom is -0.480 e. The molecule has 0 spiro atoms. The fourth-order valence-electron chi connectivity index (χ4n) is 1.62. The number of carbonyl (C=O) groups is 2. The molecular weight excluding hydrogens is 310 g/mol. The number of carboxylic acid groups (broad SMARTS) is 1. The van der Waals surface area contributed by atoms with Gasteiger partial charge in [0.1, 0.15) is 6.04 Å². The van der Waals surface area contributed by atoms with Crippen molar-refractivity contribution in [2.24, 2.45) is 0 Å². The quantitative estimate of drug-likeness (QED) is 0.567. The van der Waals surface area contributed by atoms with Crippen molar-refractivity contribution < 1.29 is 14.7 Å². The predicted octanol–water partition coefficient (Wildman–Crippen LogP) is 3.36. The van der Waals surface area contributed by atoms with E-state index in [1.54, 1.807) is 19.1 Å². The standard InChI is InChI=1S/C15H18ClNO3S/c1-3-4-8-12(15(19)20)17-14(18)10(2)21-13-9-6-5-7-11(13)16/h3,5-7,9-10,12H,1,4,8H2,2H3,(H,17,18)(H,19,20). The highest BCUT2D eigenvalue weighted by atomic mass is 35.5. The molecule has 6 heteroatoms. The molecule has 0 fully saturated rings. The van der Waals surface area contributed by atoms with E-state index in [1.807, 2.05) is 18.2 Å². The molecule has 0 aromatic heterocycles. The second kappa shape index (κ2) is 8.74. The van der Waals surface area contributed by atoms with Crippen molar-refractivity contribution in [3.63, 3.8) is 0 Å². The Bertz CT molecular complexity index is 521. The van der Waals surface area contributed by atoms with Crippen LogP contribution >= 0.6 is 23.4 Å². The van der Waals surface area contributed by atoms with Gasteiger partial charge in [0.25, 0.3) is 0 Å². The molecule has 2 atom stereocenters. The van der Waals surface area contributed by atoms with Crippen molar-refractivity contribution in [2.45, 2.75) is 36.0 Å². The van der Waals surface area contributed by atoms with Crippen LogP contribution in [0.15, 0.2) is 41.8 Å². The SMILES string of the molecule is C=CCCC(NC(=O)C(C)Sc1ccccc1Cl)C(=O)O. The molecule has 21 heavy (non-hydrogen) atoms. The number of benzene rings is 1. The van der Waals surface area contributed by atoms with Gasteiger partial charge in [-0.1, -0.05) is 29.8 Å². The number of aliphatic carboxylic acids is 1. The van der Waals surface area contributed by atoms with Crippen molar-refractivity contribution in [3.05, 3.63) is 41.9 Å². The molecule has 2 N–H and O–H groups in total. The summed E-state index contributed by atoms with van der Waals surface area (Å²) >= 11 is 7.34. The van der Waals surface area contributed by atoms with E-state index >= 15 is 0 Å². The lowest BCUT2D eigenvalue weighted by Gasteiger charge is -2.17. The summed E-state index contributed by atoms with van der Waals surface area (Å²) in [5.74, 6) is -1.36. The van der Waals surface area contributed by atoms with E-state index in [1.165, 1.54) is 11.8 Å². The molecule has 0 aliphatic heterocycles. The van der Waals surface area contributed by atoms with Crippen LogP contribution in [0.25, 0.3) is 0 Å². The van der Waals surface area contributed by atoms with Gasteiger partial charge in [-0.25, -0.2) is 4.79 Å². The Balaban J connectivity index is 2.63. The van der Waals surface area contributed by atoms with E-state index in [0.717, 1.165) is 4.90 Å². The van der Waals surface area contributed by atoms with Crippen LogP contribution in [0.3, 0.4) is 0 Å². The van der Waals surface area contributed by atoms with E-state index in [0.29, 0.717) is 17.9 Å². The van der Waals surface area contributed by atoms with E-state index in [9.17, 15) is 9.59 Å². The average molecular weight is 328 g/mol. The number of allylic oxidation sites excluding steroid dienone is 1. The van der Waals surface area contributed by atoms with Crippen LogP contribution in [0.1, 0.15) is 19.8 Å². The molecular formula is C15H18ClNO3S. The van der Waals surface area contributed by atoms with Crippen LogP contribution in [-0.4, -0.2) is 28.3 Å². The van der Waals surface area contributed by atoms with Crippen LogP contribution in [0.2, 0.25) is 5.02 Å². The van der Waals surface area contributed by atoms with Gasteiger partial charge in [-0.3, -0.25) is 4.79 Å². The zero-order valence-corrected chi connectivity index (χ0v) is 13.3. The van der Waals surface area contributed by atoms with Gasteiger partial charge in [-0.2, -0.15) is 0 Å². The molecule has 0 bridgehead atoms. The third kappa shape index (κ3) is 5.81. The summed E-state index contributed by atoms with van der Waals surface area (Å²) < 4.78 is 0. The number of halogens is 1. The first-order valence-electron chi connectivity index (χ1n) is 6.51. The molecule has 1 aromatic rings. The maximum atomic E-state index is 12.1.